The van der Waals surface area contributed by atoms with E-state index < -0.39 is 29.8 Å². The number of carboxylic acid groups (broad SMARTS) is 2. The molecule has 0 bridgehead atoms. The van der Waals surface area contributed by atoms with Crippen molar-refractivity contribution in [3.05, 3.63) is 0 Å². The molecule has 9 nitrogen and oxygen atoms in total. The van der Waals surface area contributed by atoms with Crippen molar-refractivity contribution >= 4 is 29.4 Å². The lowest BCUT2D eigenvalue weighted by Gasteiger charge is -2.15. The summed E-state index contributed by atoms with van der Waals surface area (Å²) in [5, 5.41) is 20.7. The molecule has 0 aromatic carbocycles. The third-order valence-electron chi connectivity index (χ3n) is 4.16. The fourth-order valence-electron chi connectivity index (χ4n) is 2.50. The predicted octanol–water partition coefficient (Wildman–Crippen LogP) is 1.57. The van der Waals surface area contributed by atoms with Gasteiger partial charge in [-0.2, -0.15) is 0 Å². The van der Waals surface area contributed by atoms with Gasteiger partial charge in [0.2, 0.25) is 5.91 Å². The van der Waals surface area contributed by atoms with Crippen LogP contribution in [0, 0.1) is 5.92 Å². The van der Waals surface area contributed by atoms with Crippen molar-refractivity contribution < 1.29 is 38.9 Å². The Balaban J connectivity index is 4.50. The zero-order valence-electron chi connectivity index (χ0n) is 16.6. The number of aliphatic carboxylic acids is 2. The van der Waals surface area contributed by atoms with E-state index in [9.17, 15) is 34.2 Å². The molecule has 0 spiro atoms. The third kappa shape index (κ3) is 12.2. The van der Waals surface area contributed by atoms with Crippen LogP contribution in [0.15, 0.2) is 0 Å². The number of Topliss-reactive ketones (excluding diaryl/α,β-unsaturated/α-hetero) is 2. The minimum absolute atomic E-state index is 0.0151. The summed E-state index contributed by atoms with van der Waals surface area (Å²) in [6.07, 6.45) is 1.45. The van der Waals surface area contributed by atoms with Crippen LogP contribution in [0.4, 0.5) is 0 Å². The molecule has 1 unspecified atom stereocenters. The van der Waals surface area contributed by atoms with E-state index in [2.05, 4.69) is 5.32 Å². The summed E-state index contributed by atoms with van der Waals surface area (Å²) in [5.41, 5.74) is 0. The van der Waals surface area contributed by atoms with Crippen LogP contribution in [0.2, 0.25) is 0 Å². The van der Waals surface area contributed by atoms with E-state index in [0.717, 1.165) is 12.8 Å². The average Bonchev–Trinajstić information content (AvgIpc) is 2.64. The number of carboxylic acids is 2. The average molecular weight is 401 g/mol. The molecule has 0 heterocycles. The molecule has 0 radical (unpaired) electrons. The smallest absolute Gasteiger partial charge is 0.326 e. The van der Waals surface area contributed by atoms with Crippen molar-refractivity contribution in [3.8, 4) is 0 Å². The van der Waals surface area contributed by atoms with Gasteiger partial charge in [0.1, 0.15) is 18.4 Å². The van der Waals surface area contributed by atoms with Crippen LogP contribution in [-0.4, -0.2) is 58.9 Å². The Hall–Kier alpha value is -2.29. The second-order valence-electron chi connectivity index (χ2n) is 6.59. The molecule has 0 saturated heterocycles. The molecule has 0 aliphatic rings. The molecule has 2 atom stereocenters. The van der Waals surface area contributed by atoms with Gasteiger partial charge in [-0.25, -0.2) is 4.79 Å². The van der Waals surface area contributed by atoms with E-state index in [-0.39, 0.29) is 50.3 Å². The highest BCUT2D eigenvalue weighted by atomic mass is 16.5. The zero-order valence-corrected chi connectivity index (χ0v) is 16.6. The van der Waals surface area contributed by atoms with Gasteiger partial charge in [-0.1, -0.05) is 13.3 Å². The zero-order chi connectivity index (χ0) is 21.5. The van der Waals surface area contributed by atoms with E-state index in [1.54, 1.807) is 6.92 Å². The number of amides is 1. The summed E-state index contributed by atoms with van der Waals surface area (Å²) in [5.74, 6) is -4.55. The number of carbonyl (C=O) groups excluding carboxylic acids is 3. The monoisotopic (exact) mass is 401 g/mol. The molecule has 0 aliphatic heterocycles. The van der Waals surface area contributed by atoms with Crippen molar-refractivity contribution in [2.45, 2.75) is 71.3 Å². The van der Waals surface area contributed by atoms with Gasteiger partial charge >= 0.3 is 11.9 Å². The molecular weight excluding hydrogens is 370 g/mol. The highest BCUT2D eigenvalue weighted by Crippen LogP contribution is 2.13. The lowest BCUT2D eigenvalue weighted by atomic mass is 9.97. The number of nitrogens with one attached hydrogen (secondary N) is 1. The number of ether oxygens (including phenoxy) is 1. The first kappa shape index (κ1) is 25.7. The Morgan fingerprint density at radius 3 is 2.11 bits per heavy atom. The molecule has 9 heteroatoms. The predicted molar refractivity (Wildman–Crippen MR) is 99.8 cm³/mol. The number of rotatable bonds is 17. The van der Waals surface area contributed by atoms with Gasteiger partial charge < -0.3 is 20.3 Å². The van der Waals surface area contributed by atoms with Crippen LogP contribution in [0.1, 0.15) is 65.2 Å². The standard InChI is InChI=1S/C19H31NO8/c1-3-5-6-14(21)8-9-16(19(26)27)20-17(23)10-7-13(18(24)25)11-15(22)12-28-4-2/h13,16H,3-12H2,1-2H3,(H,20,23)(H,24,25)(H,26,27)/t13-,16?/m1/s1. The molecule has 0 aromatic heterocycles. The molecule has 0 aromatic rings. The summed E-state index contributed by atoms with van der Waals surface area (Å²) in [4.78, 5) is 57.9. The first-order chi connectivity index (χ1) is 13.2. The number of unbranched alkanes of at least 4 members (excludes halogenated alkanes) is 1. The van der Waals surface area contributed by atoms with E-state index in [1.807, 2.05) is 6.92 Å². The largest absolute Gasteiger partial charge is 0.481 e. The maximum atomic E-state index is 12.0. The van der Waals surface area contributed by atoms with E-state index in [4.69, 9.17) is 4.74 Å². The van der Waals surface area contributed by atoms with Crippen molar-refractivity contribution in [1.29, 1.82) is 0 Å². The molecule has 0 aliphatic carbocycles. The van der Waals surface area contributed by atoms with Gasteiger partial charge in [0.15, 0.2) is 5.78 Å². The van der Waals surface area contributed by atoms with Crippen LogP contribution in [-0.2, 0) is 28.7 Å². The molecule has 1 amide bonds. The molecule has 28 heavy (non-hydrogen) atoms. The van der Waals surface area contributed by atoms with Gasteiger partial charge in [0.05, 0.1) is 5.92 Å². The second-order valence-corrected chi connectivity index (χ2v) is 6.59. The summed E-state index contributed by atoms with van der Waals surface area (Å²) in [7, 11) is 0. The number of hydrogen-bond donors (Lipinski definition) is 3. The number of hydrogen-bond acceptors (Lipinski definition) is 6. The topological polar surface area (TPSA) is 147 Å². The molecule has 0 rings (SSSR count). The maximum Gasteiger partial charge on any atom is 0.326 e. The van der Waals surface area contributed by atoms with E-state index in [1.165, 1.54) is 0 Å². The summed E-state index contributed by atoms with van der Waals surface area (Å²) in [6, 6.07) is -1.21. The molecule has 0 fully saturated rings. The third-order valence-corrected chi connectivity index (χ3v) is 4.16. The number of carbonyl (C=O) groups is 5. The first-order valence-electron chi connectivity index (χ1n) is 9.57. The normalized spacial score (nSPS) is 12.8. The molecular formula is C19H31NO8. The Bertz CT molecular complexity index is 546. The van der Waals surface area contributed by atoms with Crippen molar-refractivity contribution in [2.24, 2.45) is 5.92 Å². The van der Waals surface area contributed by atoms with Crippen LogP contribution >= 0.6 is 0 Å². The lowest BCUT2D eigenvalue weighted by molar-refractivity contribution is -0.145. The van der Waals surface area contributed by atoms with Crippen molar-refractivity contribution in [1.82, 2.24) is 5.32 Å². The van der Waals surface area contributed by atoms with Crippen LogP contribution in [0.3, 0.4) is 0 Å². The Morgan fingerprint density at radius 1 is 0.893 bits per heavy atom. The Kier molecular flexibility index (Phi) is 13.5. The minimum atomic E-state index is -1.25. The van der Waals surface area contributed by atoms with E-state index >= 15 is 0 Å². The van der Waals surface area contributed by atoms with Gasteiger partial charge in [0.25, 0.3) is 0 Å². The van der Waals surface area contributed by atoms with Crippen molar-refractivity contribution in [2.75, 3.05) is 13.2 Å². The quantitative estimate of drug-likeness (QED) is 0.333. The highest BCUT2D eigenvalue weighted by molar-refractivity contribution is 5.86. The Labute approximate surface area is 164 Å². The van der Waals surface area contributed by atoms with Crippen LogP contribution in [0.5, 0.6) is 0 Å². The first-order valence-corrected chi connectivity index (χ1v) is 9.57. The van der Waals surface area contributed by atoms with Crippen LogP contribution < -0.4 is 5.32 Å². The van der Waals surface area contributed by atoms with Crippen LogP contribution in [0.25, 0.3) is 0 Å². The van der Waals surface area contributed by atoms with Gasteiger partial charge in [-0.05, 0) is 26.2 Å². The lowest BCUT2D eigenvalue weighted by Crippen LogP contribution is -2.41. The van der Waals surface area contributed by atoms with Crippen molar-refractivity contribution in [3.63, 3.8) is 0 Å². The Morgan fingerprint density at radius 2 is 1.57 bits per heavy atom. The summed E-state index contributed by atoms with van der Waals surface area (Å²) < 4.78 is 4.94. The second kappa shape index (κ2) is 14.7. The fraction of sp³-hybridized carbons (Fsp3) is 0.737. The minimum Gasteiger partial charge on any atom is -0.481 e. The molecule has 3 N–H and O–H groups in total. The number of ketones is 2. The summed E-state index contributed by atoms with van der Waals surface area (Å²) in [6.45, 7) is 3.81. The van der Waals surface area contributed by atoms with Gasteiger partial charge in [0, 0.05) is 32.3 Å². The molecule has 160 valence electrons. The van der Waals surface area contributed by atoms with E-state index in [0.29, 0.717) is 13.0 Å². The highest BCUT2D eigenvalue weighted by Gasteiger charge is 2.24. The SMILES string of the molecule is CCCCC(=O)CCC(NC(=O)CC[C@H](CC(=O)COCC)C(=O)O)C(=O)O. The summed E-state index contributed by atoms with van der Waals surface area (Å²) >= 11 is 0. The molecule has 0 saturated carbocycles. The maximum absolute atomic E-state index is 12.0. The van der Waals surface area contributed by atoms with Gasteiger partial charge in [-0.15, -0.1) is 0 Å². The van der Waals surface area contributed by atoms with Gasteiger partial charge in [-0.3, -0.25) is 19.2 Å². The fourth-order valence-corrected chi connectivity index (χ4v) is 2.50.